The fraction of sp³-hybridized carbons (Fsp3) is 0.231. The van der Waals surface area contributed by atoms with E-state index in [1.54, 1.807) is 6.20 Å². The van der Waals surface area contributed by atoms with Gasteiger partial charge < -0.3 is 10.1 Å². The van der Waals surface area contributed by atoms with E-state index in [1.165, 1.54) is 0 Å². The summed E-state index contributed by atoms with van der Waals surface area (Å²) in [4.78, 5) is 11.7. The number of carbonyl (C=O) groups excluding carboxylic acids is 1. The predicted molar refractivity (Wildman–Crippen MR) is 76.2 cm³/mol. The SMILES string of the molecule is Cc1cn[nH]c1NC(=O)CCOc1cccc(Br)c1. The van der Waals surface area contributed by atoms with E-state index >= 15 is 0 Å². The van der Waals surface area contributed by atoms with Gasteiger partial charge in [-0.15, -0.1) is 0 Å². The number of aryl methyl sites for hydroxylation is 1. The van der Waals surface area contributed by atoms with Crippen molar-refractivity contribution >= 4 is 27.7 Å². The Balaban J connectivity index is 1.77. The molecule has 100 valence electrons. The normalized spacial score (nSPS) is 10.2. The van der Waals surface area contributed by atoms with Gasteiger partial charge in [0.1, 0.15) is 11.6 Å². The van der Waals surface area contributed by atoms with Crippen LogP contribution in [0.5, 0.6) is 5.75 Å². The van der Waals surface area contributed by atoms with Crippen molar-refractivity contribution in [2.24, 2.45) is 0 Å². The van der Waals surface area contributed by atoms with Crippen molar-refractivity contribution in [3.8, 4) is 5.75 Å². The predicted octanol–water partition coefficient (Wildman–Crippen LogP) is 2.89. The summed E-state index contributed by atoms with van der Waals surface area (Å²) in [7, 11) is 0. The Morgan fingerprint density at radius 3 is 3.05 bits per heavy atom. The van der Waals surface area contributed by atoms with Crippen LogP contribution in [0.2, 0.25) is 0 Å². The lowest BCUT2D eigenvalue weighted by Crippen LogP contribution is -2.16. The molecule has 2 rings (SSSR count). The van der Waals surface area contributed by atoms with Gasteiger partial charge in [0, 0.05) is 10.0 Å². The van der Waals surface area contributed by atoms with E-state index in [0.717, 1.165) is 15.8 Å². The average molecular weight is 324 g/mol. The van der Waals surface area contributed by atoms with Crippen molar-refractivity contribution in [3.63, 3.8) is 0 Å². The summed E-state index contributed by atoms with van der Waals surface area (Å²) in [5.74, 6) is 1.26. The molecule has 19 heavy (non-hydrogen) atoms. The molecule has 0 saturated heterocycles. The minimum atomic E-state index is -0.109. The number of hydrogen-bond donors (Lipinski definition) is 2. The minimum Gasteiger partial charge on any atom is -0.493 e. The van der Waals surface area contributed by atoms with Gasteiger partial charge >= 0.3 is 0 Å². The first-order valence-corrected chi connectivity index (χ1v) is 6.62. The highest BCUT2D eigenvalue weighted by Crippen LogP contribution is 2.17. The van der Waals surface area contributed by atoms with E-state index in [1.807, 2.05) is 31.2 Å². The first-order chi connectivity index (χ1) is 9.15. The summed E-state index contributed by atoms with van der Waals surface area (Å²) in [5.41, 5.74) is 0.904. The molecule has 0 bridgehead atoms. The molecule has 0 unspecified atom stereocenters. The van der Waals surface area contributed by atoms with Crippen LogP contribution in [-0.4, -0.2) is 22.7 Å². The Morgan fingerprint density at radius 2 is 2.37 bits per heavy atom. The van der Waals surface area contributed by atoms with Gasteiger partial charge in [0.05, 0.1) is 19.2 Å². The molecule has 0 radical (unpaired) electrons. The topological polar surface area (TPSA) is 67.0 Å². The molecule has 0 saturated carbocycles. The molecule has 0 spiro atoms. The molecule has 0 aliphatic rings. The Labute approximate surface area is 119 Å². The number of rotatable bonds is 5. The average Bonchev–Trinajstić information content (AvgIpc) is 2.75. The Kier molecular flexibility index (Phi) is 4.57. The molecule has 1 aromatic heterocycles. The van der Waals surface area contributed by atoms with E-state index in [2.05, 4.69) is 31.4 Å². The first kappa shape index (κ1) is 13.6. The summed E-state index contributed by atoms with van der Waals surface area (Å²) < 4.78 is 6.44. The summed E-state index contributed by atoms with van der Waals surface area (Å²) in [5, 5.41) is 9.30. The van der Waals surface area contributed by atoms with Gasteiger partial charge in [-0.05, 0) is 25.1 Å². The molecule has 1 heterocycles. The fourth-order valence-electron chi connectivity index (χ4n) is 1.49. The van der Waals surface area contributed by atoms with Crippen molar-refractivity contribution in [2.75, 3.05) is 11.9 Å². The second-order valence-electron chi connectivity index (χ2n) is 4.03. The third-order valence-corrected chi connectivity index (χ3v) is 2.98. The van der Waals surface area contributed by atoms with Crippen LogP contribution in [0.25, 0.3) is 0 Å². The number of anilines is 1. The number of benzene rings is 1. The van der Waals surface area contributed by atoms with Crippen LogP contribution in [0.4, 0.5) is 5.82 Å². The summed E-state index contributed by atoms with van der Waals surface area (Å²) in [6, 6.07) is 7.51. The number of hydrogen-bond acceptors (Lipinski definition) is 3. The highest BCUT2D eigenvalue weighted by molar-refractivity contribution is 9.10. The quantitative estimate of drug-likeness (QED) is 0.889. The molecule has 6 heteroatoms. The molecule has 0 fully saturated rings. The second-order valence-corrected chi connectivity index (χ2v) is 4.95. The number of halogens is 1. The van der Waals surface area contributed by atoms with Crippen molar-refractivity contribution in [1.29, 1.82) is 0 Å². The number of carbonyl (C=O) groups is 1. The van der Waals surface area contributed by atoms with Gasteiger partial charge in [0.25, 0.3) is 0 Å². The van der Waals surface area contributed by atoms with Crippen LogP contribution in [0.1, 0.15) is 12.0 Å². The molecule has 0 aliphatic carbocycles. The van der Waals surface area contributed by atoms with Gasteiger partial charge in [-0.1, -0.05) is 22.0 Å². The Bertz CT molecular complexity index is 569. The third-order valence-electron chi connectivity index (χ3n) is 2.49. The Hall–Kier alpha value is -1.82. The lowest BCUT2D eigenvalue weighted by molar-refractivity contribution is -0.116. The largest absolute Gasteiger partial charge is 0.493 e. The number of nitrogens with one attached hydrogen (secondary N) is 2. The van der Waals surface area contributed by atoms with E-state index < -0.39 is 0 Å². The number of ether oxygens (including phenoxy) is 1. The van der Waals surface area contributed by atoms with Crippen LogP contribution in [0, 0.1) is 6.92 Å². The lowest BCUT2D eigenvalue weighted by Gasteiger charge is -2.07. The van der Waals surface area contributed by atoms with E-state index in [0.29, 0.717) is 12.4 Å². The summed E-state index contributed by atoms with van der Waals surface area (Å²) in [6.45, 7) is 2.20. The van der Waals surface area contributed by atoms with Crippen molar-refractivity contribution in [1.82, 2.24) is 10.2 Å². The van der Waals surface area contributed by atoms with Gasteiger partial charge in [0.15, 0.2) is 0 Å². The van der Waals surface area contributed by atoms with Crippen LogP contribution < -0.4 is 10.1 Å². The molecule has 1 aromatic carbocycles. The molecule has 0 atom stereocenters. The number of amides is 1. The van der Waals surface area contributed by atoms with Crippen molar-refractivity contribution in [3.05, 3.63) is 40.5 Å². The molecule has 0 aliphatic heterocycles. The number of aromatic nitrogens is 2. The number of nitrogens with zero attached hydrogens (tertiary/aromatic N) is 1. The maximum atomic E-state index is 11.7. The molecule has 5 nitrogen and oxygen atoms in total. The van der Waals surface area contributed by atoms with Crippen LogP contribution in [0.15, 0.2) is 34.9 Å². The molecular weight excluding hydrogens is 310 g/mol. The summed E-state index contributed by atoms with van der Waals surface area (Å²) in [6.07, 6.45) is 1.94. The highest BCUT2D eigenvalue weighted by atomic mass is 79.9. The smallest absolute Gasteiger partial charge is 0.228 e. The van der Waals surface area contributed by atoms with E-state index in [-0.39, 0.29) is 12.3 Å². The molecular formula is C13H14BrN3O2. The molecule has 1 amide bonds. The number of aromatic amines is 1. The van der Waals surface area contributed by atoms with Crippen LogP contribution in [-0.2, 0) is 4.79 Å². The zero-order chi connectivity index (χ0) is 13.7. The minimum absolute atomic E-state index is 0.109. The molecule has 2 aromatic rings. The highest BCUT2D eigenvalue weighted by Gasteiger charge is 2.06. The molecule has 2 N–H and O–H groups in total. The van der Waals surface area contributed by atoms with Crippen LogP contribution in [0.3, 0.4) is 0 Å². The van der Waals surface area contributed by atoms with Gasteiger partial charge in [-0.3, -0.25) is 9.89 Å². The maximum absolute atomic E-state index is 11.7. The Morgan fingerprint density at radius 1 is 1.53 bits per heavy atom. The second kappa shape index (κ2) is 6.38. The zero-order valence-corrected chi connectivity index (χ0v) is 12.0. The van der Waals surface area contributed by atoms with E-state index in [9.17, 15) is 4.79 Å². The van der Waals surface area contributed by atoms with Gasteiger partial charge in [0.2, 0.25) is 5.91 Å². The van der Waals surface area contributed by atoms with E-state index in [4.69, 9.17) is 4.74 Å². The number of H-pyrrole nitrogens is 1. The standard InChI is InChI=1S/C13H14BrN3O2/c1-9-8-15-17-13(9)16-12(18)5-6-19-11-4-2-3-10(14)7-11/h2-4,7-8H,5-6H2,1H3,(H2,15,16,17,18). The zero-order valence-electron chi connectivity index (χ0n) is 10.4. The van der Waals surface area contributed by atoms with Gasteiger partial charge in [-0.25, -0.2) is 0 Å². The first-order valence-electron chi connectivity index (χ1n) is 5.83. The monoisotopic (exact) mass is 323 g/mol. The summed E-state index contributed by atoms with van der Waals surface area (Å²) >= 11 is 3.36. The third kappa shape index (κ3) is 4.10. The lowest BCUT2D eigenvalue weighted by atomic mass is 10.3. The van der Waals surface area contributed by atoms with Crippen molar-refractivity contribution < 1.29 is 9.53 Å². The van der Waals surface area contributed by atoms with Crippen LogP contribution >= 0.6 is 15.9 Å². The van der Waals surface area contributed by atoms with Crippen molar-refractivity contribution in [2.45, 2.75) is 13.3 Å². The fourth-order valence-corrected chi connectivity index (χ4v) is 1.87. The van der Waals surface area contributed by atoms with Gasteiger partial charge in [-0.2, -0.15) is 5.10 Å². The maximum Gasteiger partial charge on any atom is 0.228 e.